The second kappa shape index (κ2) is 11.5. The van der Waals surface area contributed by atoms with E-state index in [2.05, 4.69) is 97.6 Å². The van der Waals surface area contributed by atoms with Crippen molar-refractivity contribution in [3.8, 4) is 11.8 Å². The highest BCUT2D eigenvalue weighted by molar-refractivity contribution is 5.66. The van der Waals surface area contributed by atoms with Crippen molar-refractivity contribution in [3.63, 3.8) is 0 Å². The summed E-state index contributed by atoms with van der Waals surface area (Å²) >= 11 is 0. The third kappa shape index (κ3) is 6.28. The molecule has 0 saturated carbocycles. The van der Waals surface area contributed by atoms with Crippen LogP contribution in [0.15, 0.2) is 73.1 Å². The van der Waals surface area contributed by atoms with E-state index in [1.807, 2.05) is 0 Å². The second-order valence-electron chi connectivity index (χ2n) is 8.53. The molecular formula is C29H36N2. The van der Waals surface area contributed by atoms with Crippen molar-refractivity contribution >= 4 is 5.69 Å². The molecule has 0 amide bonds. The number of rotatable bonds is 11. The molecule has 0 spiro atoms. The van der Waals surface area contributed by atoms with Crippen LogP contribution in [0.4, 0.5) is 5.69 Å². The predicted octanol–water partition coefficient (Wildman–Crippen LogP) is 7.02. The first-order chi connectivity index (χ1) is 15.1. The van der Waals surface area contributed by atoms with E-state index in [0.717, 1.165) is 54.9 Å². The number of hydrogen-bond donors (Lipinski definition) is 1. The van der Waals surface area contributed by atoms with Gasteiger partial charge < -0.3 is 10.2 Å². The number of fused-ring (bicyclic) bond motifs is 2. The van der Waals surface area contributed by atoms with Crippen LogP contribution in [0.25, 0.3) is 0 Å². The summed E-state index contributed by atoms with van der Waals surface area (Å²) in [5.41, 5.74) is 6.90. The van der Waals surface area contributed by atoms with Crippen LogP contribution in [0.2, 0.25) is 0 Å². The molecule has 1 atom stereocenters. The minimum Gasteiger partial charge on any atom is -0.389 e. The van der Waals surface area contributed by atoms with Crippen LogP contribution >= 0.6 is 0 Å². The van der Waals surface area contributed by atoms with Gasteiger partial charge in [0.25, 0.3) is 0 Å². The Labute approximate surface area is 189 Å². The summed E-state index contributed by atoms with van der Waals surface area (Å²) in [5, 5.41) is 3.52. The van der Waals surface area contributed by atoms with E-state index in [9.17, 15) is 0 Å². The molecule has 1 N–H and O–H groups in total. The molecule has 1 aliphatic heterocycles. The average Bonchev–Trinajstić information content (AvgIpc) is 2.78. The number of para-hydroxylation sites is 1. The lowest BCUT2D eigenvalue weighted by Crippen LogP contribution is -2.24. The highest BCUT2D eigenvalue weighted by atomic mass is 15.1. The summed E-state index contributed by atoms with van der Waals surface area (Å²) in [7, 11) is 0. The maximum absolute atomic E-state index is 4.47. The zero-order valence-corrected chi connectivity index (χ0v) is 19.2. The summed E-state index contributed by atoms with van der Waals surface area (Å²) in [4.78, 5) is 2.35. The zero-order chi connectivity index (χ0) is 22.1. The molecule has 31 heavy (non-hydrogen) atoms. The van der Waals surface area contributed by atoms with Crippen LogP contribution in [0.1, 0.15) is 69.1 Å². The van der Waals surface area contributed by atoms with E-state index in [-0.39, 0.29) is 0 Å². The fourth-order valence-electron chi connectivity index (χ4n) is 3.99. The Morgan fingerprint density at radius 2 is 1.71 bits per heavy atom. The van der Waals surface area contributed by atoms with E-state index < -0.39 is 0 Å². The first kappa shape index (κ1) is 22.8. The van der Waals surface area contributed by atoms with Crippen LogP contribution in [0.5, 0.6) is 0 Å². The molecule has 2 aromatic rings. The SMILES string of the molecule is C=C(NCCCCC)C(C)CCCC(=C)N1Cc2ccccc2C#Cc2ccccc21. The minimum absolute atomic E-state index is 0.473. The first-order valence-electron chi connectivity index (χ1n) is 11.7. The summed E-state index contributed by atoms with van der Waals surface area (Å²) < 4.78 is 0. The zero-order valence-electron chi connectivity index (χ0n) is 19.2. The minimum atomic E-state index is 0.473. The van der Waals surface area contributed by atoms with Crippen molar-refractivity contribution in [3.05, 3.63) is 89.8 Å². The summed E-state index contributed by atoms with van der Waals surface area (Å²) in [6, 6.07) is 16.8. The van der Waals surface area contributed by atoms with E-state index in [1.165, 1.54) is 30.5 Å². The molecule has 1 heterocycles. The van der Waals surface area contributed by atoms with Crippen molar-refractivity contribution in [1.82, 2.24) is 5.32 Å². The summed E-state index contributed by atoms with van der Waals surface area (Å²) in [5.74, 6) is 7.20. The lowest BCUT2D eigenvalue weighted by molar-refractivity contribution is 0.528. The molecule has 1 aliphatic rings. The molecule has 0 aliphatic carbocycles. The maximum Gasteiger partial charge on any atom is 0.0570 e. The molecule has 0 saturated heterocycles. The van der Waals surface area contributed by atoms with Gasteiger partial charge in [-0.1, -0.05) is 82.0 Å². The molecule has 162 valence electrons. The third-order valence-electron chi connectivity index (χ3n) is 6.08. The summed E-state index contributed by atoms with van der Waals surface area (Å²) in [6.07, 6.45) is 6.93. The maximum atomic E-state index is 4.47. The Morgan fingerprint density at radius 1 is 1.00 bits per heavy atom. The topological polar surface area (TPSA) is 15.3 Å². The van der Waals surface area contributed by atoms with Crippen LogP contribution in [0, 0.1) is 17.8 Å². The molecule has 0 radical (unpaired) electrons. The quantitative estimate of drug-likeness (QED) is 0.315. The smallest absolute Gasteiger partial charge is 0.0570 e. The van der Waals surface area contributed by atoms with Gasteiger partial charge in [0.15, 0.2) is 0 Å². The molecule has 1 unspecified atom stereocenters. The van der Waals surface area contributed by atoms with Gasteiger partial charge in [-0.05, 0) is 55.4 Å². The lowest BCUT2D eigenvalue weighted by atomic mass is 9.98. The van der Waals surface area contributed by atoms with Crippen molar-refractivity contribution in [2.75, 3.05) is 11.4 Å². The van der Waals surface area contributed by atoms with Gasteiger partial charge in [-0.15, -0.1) is 0 Å². The van der Waals surface area contributed by atoms with Crippen molar-refractivity contribution in [2.24, 2.45) is 5.92 Å². The van der Waals surface area contributed by atoms with E-state index in [1.54, 1.807) is 0 Å². The highest BCUT2D eigenvalue weighted by Gasteiger charge is 2.17. The predicted molar refractivity (Wildman–Crippen MR) is 134 cm³/mol. The number of anilines is 1. The lowest BCUT2D eigenvalue weighted by Gasteiger charge is -2.30. The van der Waals surface area contributed by atoms with Crippen LogP contribution in [-0.2, 0) is 6.54 Å². The number of nitrogens with one attached hydrogen (secondary N) is 1. The second-order valence-corrected chi connectivity index (χ2v) is 8.53. The molecule has 2 heteroatoms. The first-order valence-corrected chi connectivity index (χ1v) is 11.7. The molecular weight excluding hydrogens is 376 g/mol. The van der Waals surface area contributed by atoms with Crippen molar-refractivity contribution in [2.45, 2.75) is 58.9 Å². The average molecular weight is 413 g/mol. The van der Waals surface area contributed by atoms with Gasteiger partial charge in [0.2, 0.25) is 0 Å². The molecule has 2 nitrogen and oxygen atoms in total. The van der Waals surface area contributed by atoms with Crippen molar-refractivity contribution < 1.29 is 0 Å². The Balaban J connectivity index is 1.62. The van der Waals surface area contributed by atoms with Gasteiger partial charge in [-0.2, -0.15) is 0 Å². The third-order valence-corrected chi connectivity index (χ3v) is 6.08. The Morgan fingerprint density at radius 3 is 2.52 bits per heavy atom. The van der Waals surface area contributed by atoms with E-state index in [4.69, 9.17) is 0 Å². The Bertz CT molecular complexity index is 960. The van der Waals surface area contributed by atoms with Gasteiger partial charge in [0, 0.05) is 35.6 Å². The van der Waals surface area contributed by atoms with Gasteiger partial charge in [-0.25, -0.2) is 0 Å². The molecule has 0 aromatic heterocycles. The van der Waals surface area contributed by atoms with Crippen LogP contribution < -0.4 is 10.2 Å². The molecule has 3 rings (SSSR count). The number of hydrogen-bond acceptors (Lipinski definition) is 2. The number of nitrogens with zero attached hydrogens (tertiary/aromatic N) is 1. The van der Waals surface area contributed by atoms with Gasteiger partial charge in [-0.3, -0.25) is 0 Å². The Hall–Kier alpha value is -2.92. The normalized spacial score (nSPS) is 13.0. The largest absolute Gasteiger partial charge is 0.389 e. The molecule has 0 fully saturated rings. The van der Waals surface area contributed by atoms with E-state index >= 15 is 0 Å². The molecule has 0 bridgehead atoms. The van der Waals surface area contributed by atoms with Crippen LogP contribution in [0.3, 0.4) is 0 Å². The standard InChI is InChI=1S/C29H36N2/c1-5-6-11-21-30-25(4)23(2)13-12-14-24(3)31-22-28-17-8-7-15-26(28)19-20-27-16-9-10-18-29(27)31/h7-10,15-18,23,30H,3-6,11-14,21-22H2,1-2H3. The van der Waals surface area contributed by atoms with Crippen LogP contribution in [-0.4, -0.2) is 6.54 Å². The molecule has 2 aromatic carbocycles. The van der Waals surface area contributed by atoms with E-state index in [0.29, 0.717) is 5.92 Å². The summed E-state index contributed by atoms with van der Waals surface area (Å²) in [6.45, 7) is 15.1. The fourth-order valence-corrected chi connectivity index (χ4v) is 3.99. The fraction of sp³-hybridized carbons (Fsp3) is 0.379. The van der Waals surface area contributed by atoms with Gasteiger partial charge >= 0.3 is 0 Å². The van der Waals surface area contributed by atoms with Gasteiger partial charge in [0.05, 0.1) is 5.69 Å². The number of unbranched alkanes of at least 4 members (excludes halogenated alkanes) is 2. The Kier molecular flexibility index (Phi) is 8.42. The monoisotopic (exact) mass is 412 g/mol. The van der Waals surface area contributed by atoms with Gasteiger partial charge in [0.1, 0.15) is 0 Å². The number of allylic oxidation sites excluding steroid dienone is 2. The number of benzene rings is 2. The van der Waals surface area contributed by atoms with Crippen molar-refractivity contribution in [1.29, 1.82) is 0 Å². The highest BCUT2D eigenvalue weighted by Crippen LogP contribution is 2.30.